The number of benzene rings is 2. The highest BCUT2D eigenvalue weighted by Gasteiger charge is 2.30. The molecule has 2 aromatic rings. The van der Waals surface area contributed by atoms with Gasteiger partial charge in [0.1, 0.15) is 23.9 Å². The van der Waals surface area contributed by atoms with Crippen LogP contribution in [0.5, 0.6) is 5.75 Å². The van der Waals surface area contributed by atoms with Crippen LogP contribution >= 0.6 is 11.6 Å². The third-order valence-corrected chi connectivity index (χ3v) is 6.76. The summed E-state index contributed by atoms with van der Waals surface area (Å²) in [6.07, 6.45) is 4.33. The van der Waals surface area contributed by atoms with Gasteiger partial charge in [0.15, 0.2) is 0 Å². The smallest absolute Gasteiger partial charge is 0.138 e. The van der Waals surface area contributed by atoms with Gasteiger partial charge in [0, 0.05) is 24.7 Å². The number of nitrogens with zero attached hydrogens (tertiary/aromatic N) is 3. The fraction of sp³-hybridized carbons (Fsp3) is 0.379. The van der Waals surface area contributed by atoms with E-state index >= 15 is 0 Å². The van der Waals surface area contributed by atoms with Crippen molar-refractivity contribution in [2.24, 2.45) is 4.99 Å². The first-order chi connectivity index (χ1) is 17.5. The standard InChI is InChI=1S/C29H35ClN4O2/c1-5-33(6-2)15-17-35-29-21(3)18-24(19-22(29)4)32-28-13-12-27(25(30)20-31-28)34-26(14-16-36-34)23-10-8-7-9-11-23/h7-11,13,18-20,26H,5-6,14-17H2,1-4H3,(H,31,32)/t26-/m0/s1. The van der Waals surface area contributed by atoms with Gasteiger partial charge in [-0.3, -0.25) is 4.84 Å². The minimum atomic E-state index is 0.0818. The molecule has 4 rings (SSSR count). The van der Waals surface area contributed by atoms with Crippen LogP contribution in [0.25, 0.3) is 0 Å². The van der Waals surface area contributed by atoms with Crippen molar-refractivity contribution in [2.75, 3.05) is 38.2 Å². The Morgan fingerprint density at radius 1 is 1.17 bits per heavy atom. The second-order valence-corrected chi connectivity index (χ2v) is 9.35. The number of hydrogen-bond acceptors (Lipinski definition) is 6. The Balaban J connectivity index is 1.48. The van der Waals surface area contributed by atoms with E-state index in [1.54, 1.807) is 6.20 Å². The number of anilines is 1. The molecule has 6 nitrogen and oxygen atoms in total. The highest BCUT2D eigenvalue weighted by atomic mass is 35.5. The molecule has 0 radical (unpaired) electrons. The van der Waals surface area contributed by atoms with Crippen LogP contribution < -0.4 is 10.1 Å². The topological polar surface area (TPSA) is 49.3 Å². The minimum Gasteiger partial charge on any atom is -0.492 e. The van der Waals surface area contributed by atoms with E-state index < -0.39 is 0 Å². The van der Waals surface area contributed by atoms with E-state index in [1.807, 2.05) is 29.3 Å². The molecule has 0 aliphatic carbocycles. The molecule has 0 amide bonds. The van der Waals surface area contributed by atoms with Crippen molar-refractivity contribution in [3.05, 3.63) is 87.9 Å². The molecule has 1 saturated heterocycles. The lowest BCUT2D eigenvalue weighted by Crippen LogP contribution is -2.28. The maximum Gasteiger partial charge on any atom is 0.138 e. The number of aryl methyl sites for hydroxylation is 2. The molecule has 2 aliphatic rings. The Morgan fingerprint density at radius 2 is 1.89 bits per heavy atom. The van der Waals surface area contributed by atoms with Crippen molar-refractivity contribution >= 4 is 23.1 Å². The summed E-state index contributed by atoms with van der Waals surface area (Å²) in [7, 11) is 0. The van der Waals surface area contributed by atoms with Crippen LogP contribution in [0.15, 0.2) is 76.2 Å². The molecule has 190 valence electrons. The summed E-state index contributed by atoms with van der Waals surface area (Å²) in [5, 5.41) is 5.72. The predicted octanol–water partition coefficient (Wildman–Crippen LogP) is 6.35. The van der Waals surface area contributed by atoms with Crippen LogP contribution in [-0.4, -0.2) is 48.6 Å². The van der Waals surface area contributed by atoms with Crippen molar-refractivity contribution in [1.29, 1.82) is 0 Å². The number of nitrogens with one attached hydrogen (secondary N) is 1. The van der Waals surface area contributed by atoms with Crippen molar-refractivity contribution < 1.29 is 9.57 Å². The SMILES string of the molecule is CCN(CC)CCOc1c(C)cc(NC2=NC=C(Cl)C(N3OCC[C@H]3c3ccccc3)=C=C2)cc1C. The van der Waals surface area contributed by atoms with Gasteiger partial charge in [-0.15, -0.1) is 0 Å². The lowest BCUT2D eigenvalue weighted by atomic mass is 10.0. The van der Waals surface area contributed by atoms with Crippen molar-refractivity contribution in [2.45, 2.75) is 40.2 Å². The number of hydrogen-bond donors (Lipinski definition) is 1. The number of aliphatic imine (C=N–C) groups is 1. The second kappa shape index (κ2) is 12.3. The van der Waals surface area contributed by atoms with Gasteiger partial charge in [-0.2, -0.15) is 0 Å². The molecular weight excluding hydrogens is 472 g/mol. The van der Waals surface area contributed by atoms with E-state index in [0.29, 0.717) is 29.8 Å². The van der Waals surface area contributed by atoms with Crippen LogP contribution in [0.2, 0.25) is 0 Å². The molecule has 0 aromatic heterocycles. The van der Waals surface area contributed by atoms with Gasteiger partial charge in [0.25, 0.3) is 0 Å². The molecule has 2 aromatic carbocycles. The Labute approximate surface area is 219 Å². The summed E-state index contributed by atoms with van der Waals surface area (Å²) in [6, 6.07) is 14.5. The normalized spacial score (nSPS) is 17.6. The van der Waals surface area contributed by atoms with Gasteiger partial charge in [-0.1, -0.05) is 61.5 Å². The zero-order valence-corrected chi connectivity index (χ0v) is 22.3. The zero-order valence-electron chi connectivity index (χ0n) is 21.6. The summed E-state index contributed by atoms with van der Waals surface area (Å²) >= 11 is 6.62. The van der Waals surface area contributed by atoms with E-state index in [4.69, 9.17) is 21.2 Å². The van der Waals surface area contributed by atoms with E-state index in [-0.39, 0.29) is 6.04 Å². The van der Waals surface area contributed by atoms with Gasteiger partial charge in [-0.05, 0) is 55.8 Å². The van der Waals surface area contributed by atoms with E-state index in [2.05, 4.69) is 72.9 Å². The summed E-state index contributed by atoms with van der Waals surface area (Å²) in [6.45, 7) is 12.8. The lowest BCUT2D eigenvalue weighted by molar-refractivity contribution is -0.0983. The number of ether oxygens (including phenoxy) is 1. The first kappa shape index (κ1) is 26.1. The highest BCUT2D eigenvalue weighted by molar-refractivity contribution is 6.32. The van der Waals surface area contributed by atoms with Crippen molar-refractivity contribution in [3.8, 4) is 5.75 Å². The maximum atomic E-state index is 6.62. The maximum absolute atomic E-state index is 6.62. The molecule has 0 bridgehead atoms. The third kappa shape index (κ3) is 6.21. The number of halogens is 1. The van der Waals surface area contributed by atoms with Crippen LogP contribution in [0.3, 0.4) is 0 Å². The Hall–Kier alpha value is -3.02. The number of amidine groups is 1. The second-order valence-electron chi connectivity index (χ2n) is 8.94. The molecule has 1 fully saturated rings. The van der Waals surface area contributed by atoms with Crippen molar-refractivity contribution in [3.63, 3.8) is 0 Å². The molecule has 2 heterocycles. The average molecular weight is 507 g/mol. The van der Waals surface area contributed by atoms with Crippen LogP contribution in [0.4, 0.5) is 5.69 Å². The van der Waals surface area contributed by atoms with E-state index in [0.717, 1.165) is 48.6 Å². The van der Waals surface area contributed by atoms with Crippen LogP contribution in [0.1, 0.15) is 43.0 Å². The quantitative estimate of drug-likeness (QED) is 0.402. The highest BCUT2D eigenvalue weighted by Crippen LogP contribution is 2.36. The average Bonchev–Trinajstić information content (AvgIpc) is 3.29. The third-order valence-electron chi connectivity index (χ3n) is 6.48. The minimum absolute atomic E-state index is 0.0818. The number of likely N-dealkylation sites (N-methyl/N-ethyl adjacent to an activating group) is 1. The van der Waals surface area contributed by atoms with Gasteiger partial charge in [0.05, 0.1) is 23.9 Å². The molecule has 0 unspecified atom stereocenters. The van der Waals surface area contributed by atoms with Gasteiger partial charge in [-0.25, -0.2) is 10.1 Å². The fourth-order valence-electron chi connectivity index (χ4n) is 4.55. The molecular formula is C29H35ClN4O2. The predicted molar refractivity (Wildman–Crippen MR) is 147 cm³/mol. The number of hydroxylamine groups is 2. The largest absolute Gasteiger partial charge is 0.492 e. The monoisotopic (exact) mass is 506 g/mol. The fourth-order valence-corrected chi connectivity index (χ4v) is 4.74. The Bertz CT molecular complexity index is 1160. The molecule has 1 N–H and O–H groups in total. The lowest BCUT2D eigenvalue weighted by Gasteiger charge is -2.25. The van der Waals surface area contributed by atoms with Gasteiger partial charge >= 0.3 is 0 Å². The molecule has 0 saturated carbocycles. The van der Waals surface area contributed by atoms with Gasteiger partial charge < -0.3 is 15.0 Å². The Kier molecular flexibility index (Phi) is 8.89. The molecule has 7 heteroatoms. The summed E-state index contributed by atoms with van der Waals surface area (Å²) in [4.78, 5) is 12.8. The Morgan fingerprint density at radius 3 is 2.58 bits per heavy atom. The molecule has 1 atom stereocenters. The van der Waals surface area contributed by atoms with Crippen molar-refractivity contribution in [1.82, 2.24) is 9.96 Å². The summed E-state index contributed by atoms with van der Waals surface area (Å²) < 4.78 is 6.13. The first-order valence-corrected chi connectivity index (χ1v) is 13.0. The van der Waals surface area contributed by atoms with Crippen LogP contribution in [-0.2, 0) is 4.84 Å². The molecule has 0 spiro atoms. The molecule has 2 aliphatic heterocycles. The van der Waals surface area contributed by atoms with E-state index in [1.165, 1.54) is 5.56 Å². The molecule has 36 heavy (non-hydrogen) atoms. The first-order valence-electron chi connectivity index (χ1n) is 12.6. The van der Waals surface area contributed by atoms with Gasteiger partial charge in [0.2, 0.25) is 0 Å². The van der Waals surface area contributed by atoms with E-state index in [9.17, 15) is 0 Å². The summed E-state index contributed by atoms with van der Waals surface area (Å²) in [5.41, 5.74) is 8.26. The van der Waals surface area contributed by atoms with Crippen LogP contribution in [0, 0.1) is 13.8 Å². The zero-order chi connectivity index (χ0) is 25.5. The number of rotatable bonds is 9. The summed E-state index contributed by atoms with van der Waals surface area (Å²) in [5.74, 6) is 1.59.